The molecule has 0 aliphatic carbocycles. The Balaban J connectivity index is 2.49. The molecule has 1 heterocycles. The van der Waals surface area contributed by atoms with Gasteiger partial charge in [-0.25, -0.2) is 0 Å². The molecule has 1 unspecified atom stereocenters. The molecule has 1 aliphatic rings. The van der Waals surface area contributed by atoms with Crippen molar-refractivity contribution in [2.75, 3.05) is 19.6 Å². The van der Waals surface area contributed by atoms with E-state index >= 15 is 0 Å². The lowest BCUT2D eigenvalue weighted by atomic mass is 9.98. The first-order valence-corrected chi connectivity index (χ1v) is 7.46. The van der Waals surface area contributed by atoms with E-state index in [-0.39, 0.29) is 0 Å². The van der Waals surface area contributed by atoms with E-state index in [1.165, 1.54) is 50.9 Å². The van der Waals surface area contributed by atoms with E-state index in [0.29, 0.717) is 5.92 Å². The van der Waals surface area contributed by atoms with Crippen molar-refractivity contribution in [2.45, 2.75) is 45.4 Å². The second-order valence-electron chi connectivity index (χ2n) is 5.30. The highest BCUT2D eigenvalue weighted by Crippen LogP contribution is 2.17. The van der Waals surface area contributed by atoms with Crippen LogP contribution >= 0.6 is 0 Å². The number of rotatable bonds is 8. The predicted octanol–water partition coefficient (Wildman–Crippen LogP) is 4.58. The highest BCUT2D eigenvalue weighted by molar-refractivity contribution is 5.18. The van der Waals surface area contributed by atoms with Crippen molar-refractivity contribution in [3.8, 4) is 0 Å². The SMILES string of the molecule is C=CCC/C(C=C)=C/C(CC)CN1CCCCC1. The van der Waals surface area contributed by atoms with Gasteiger partial charge in [-0.1, -0.05) is 43.7 Å². The number of allylic oxidation sites excluding steroid dienone is 3. The third-order valence-electron chi connectivity index (χ3n) is 3.81. The molecule has 1 aliphatic heterocycles. The Bertz CT molecular complexity index is 271. The summed E-state index contributed by atoms with van der Waals surface area (Å²) >= 11 is 0. The average Bonchev–Trinajstić information content (AvgIpc) is 2.43. The fraction of sp³-hybridized carbons (Fsp3) is 0.647. The van der Waals surface area contributed by atoms with Crippen LogP contribution in [0.2, 0.25) is 0 Å². The molecule has 0 aromatic rings. The summed E-state index contributed by atoms with van der Waals surface area (Å²) in [4.78, 5) is 2.63. The van der Waals surface area contributed by atoms with E-state index in [1.807, 2.05) is 12.2 Å². The Hall–Kier alpha value is -0.820. The minimum absolute atomic E-state index is 0.681. The van der Waals surface area contributed by atoms with Crippen LogP contribution in [0.25, 0.3) is 0 Å². The van der Waals surface area contributed by atoms with E-state index < -0.39 is 0 Å². The number of hydrogen-bond donors (Lipinski definition) is 0. The summed E-state index contributed by atoms with van der Waals surface area (Å²) in [6.07, 6.45) is 14.0. The van der Waals surface area contributed by atoms with Crippen LogP contribution in [0.1, 0.15) is 45.4 Å². The minimum atomic E-state index is 0.681. The molecule has 0 amide bonds. The van der Waals surface area contributed by atoms with Gasteiger partial charge in [0.1, 0.15) is 0 Å². The van der Waals surface area contributed by atoms with Gasteiger partial charge in [0.15, 0.2) is 0 Å². The zero-order valence-corrected chi connectivity index (χ0v) is 12.0. The van der Waals surface area contributed by atoms with Crippen molar-refractivity contribution in [1.29, 1.82) is 0 Å². The van der Waals surface area contributed by atoms with Crippen LogP contribution in [0.3, 0.4) is 0 Å². The lowest BCUT2D eigenvalue weighted by Crippen LogP contribution is -2.33. The Morgan fingerprint density at radius 3 is 2.50 bits per heavy atom. The van der Waals surface area contributed by atoms with E-state index in [2.05, 4.69) is 31.1 Å². The summed E-state index contributed by atoms with van der Waals surface area (Å²) in [6.45, 7) is 13.8. The molecule has 0 bridgehead atoms. The highest BCUT2D eigenvalue weighted by atomic mass is 15.1. The quantitative estimate of drug-likeness (QED) is 0.448. The lowest BCUT2D eigenvalue weighted by molar-refractivity contribution is 0.207. The summed E-state index contributed by atoms with van der Waals surface area (Å²) in [6, 6.07) is 0. The molecule has 0 aromatic carbocycles. The topological polar surface area (TPSA) is 3.24 Å². The standard InChI is InChI=1S/C17H29N/c1-4-7-11-16(5-2)14-17(6-3)15-18-12-9-8-10-13-18/h4-5,14,17H,1-2,6-13,15H2,3H3/b16-14+. The van der Waals surface area contributed by atoms with Gasteiger partial charge >= 0.3 is 0 Å². The van der Waals surface area contributed by atoms with Crippen LogP contribution in [0.4, 0.5) is 0 Å². The number of nitrogens with zero attached hydrogens (tertiary/aromatic N) is 1. The number of piperidine rings is 1. The summed E-state index contributed by atoms with van der Waals surface area (Å²) in [7, 11) is 0. The van der Waals surface area contributed by atoms with E-state index in [4.69, 9.17) is 0 Å². The Kier molecular flexibility index (Phi) is 7.75. The zero-order valence-electron chi connectivity index (χ0n) is 12.0. The summed E-state index contributed by atoms with van der Waals surface area (Å²) in [5, 5.41) is 0. The van der Waals surface area contributed by atoms with Crippen molar-refractivity contribution in [3.05, 3.63) is 37.0 Å². The number of hydrogen-bond acceptors (Lipinski definition) is 1. The first-order valence-electron chi connectivity index (χ1n) is 7.46. The molecule has 0 N–H and O–H groups in total. The maximum atomic E-state index is 3.93. The molecule has 1 fully saturated rings. The predicted molar refractivity (Wildman–Crippen MR) is 81.8 cm³/mol. The largest absolute Gasteiger partial charge is 0.303 e. The first-order chi connectivity index (χ1) is 8.80. The fourth-order valence-electron chi connectivity index (χ4n) is 2.60. The van der Waals surface area contributed by atoms with Gasteiger partial charge in [-0.3, -0.25) is 0 Å². The molecule has 1 heteroatoms. The average molecular weight is 247 g/mol. The molecule has 18 heavy (non-hydrogen) atoms. The summed E-state index contributed by atoms with van der Waals surface area (Å²) in [5.74, 6) is 0.681. The Labute approximate surface area is 113 Å². The molecule has 1 saturated heterocycles. The minimum Gasteiger partial charge on any atom is -0.303 e. The van der Waals surface area contributed by atoms with Crippen LogP contribution in [-0.2, 0) is 0 Å². The molecule has 0 aromatic heterocycles. The van der Waals surface area contributed by atoms with Gasteiger partial charge < -0.3 is 4.90 Å². The first kappa shape index (κ1) is 15.2. The second-order valence-corrected chi connectivity index (χ2v) is 5.30. The smallest absolute Gasteiger partial charge is 0.00444 e. The third kappa shape index (κ3) is 5.68. The van der Waals surface area contributed by atoms with E-state index in [9.17, 15) is 0 Å². The van der Waals surface area contributed by atoms with Crippen LogP contribution < -0.4 is 0 Å². The fourth-order valence-corrected chi connectivity index (χ4v) is 2.60. The van der Waals surface area contributed by atoms with Gasteiger partial charge in [0.2, 0.25) is 0 Å². The van der Waals surface area contributed by atoms with Crippen molar-refractivity contribution < 1.29 is 0 Å². The van der Waals surface area contributed by atoms with Crippen LogP contribution in [-0.4, -0.2) is 24.5 Å². The van der Waals surface area contributed by atoms with Gasteiger partial charge in [0.05, 0.1) is 0 Å². The van der Waals surface area contributed by atoms with Gasteiger partial charge in [0.25, 0.3) is 0 Å². The summed E-state index contributed by atoms with van der Waals surface area (Å²) < 4.78 is 0. The third-order valence-corrected chi connectivity index (χ3v) is 3.81. The molecule has 102 valence electrons. The zero-order chi connectivity index (χ0) is 13.2. The van der Waals surface area contributed by atoms with Crippen molar-refractivity contribution in [2.24, 2.45) is 5.92 Å². The Morgan fingerprint density at radius 1 is 1.22 bits per heavy atom. The molecule has 1 rings (SSSR count). The molecule has 0 spiro atoms. The molecular formula is C17H29N. The van der Waals surface area contributed by atoms with E-state index in [0.717, 1.165) is 12.8 Å². The van der Waals surface area contributed by atoms with Crippen molar-refractivity contribution in [3.63, 3.8) is 0 Å². The molecule has 0 saturated carbocycles. The monoisotopic (exact) mass is 247 g/mol. The lowest BCUT2D eigenvalue weighted by Gasteiger charge is -2.29. The molecule has 0 radical (unpaired) electrons. The second kappa shape index (κ2) is 9.16. The maximum absolute atomic E-state index is 3.93. The Morgan fingerprint density at radius 2 is 1.94 bits per heavy atom. The van der Waals surface area contributed by atoms with E-state index in [1.54, 1.807) is 0 Å². The van der Waals surface area contributed by atoms with Gasteiger partial charge in [-0.2, -0.15) is 0 Å². The van der Waals surface area contributed by atoms with Gasteiger partial charge in [-0.05, 0) is 51.1 Å². The highest BCUT2D eigenvalue weighted by Gasteiger charge is 2.13. The van der Waals surface area contributed by atoms with Gasteiger partial charge in [0, 0.05) is 6.54 Å². The summed E-state index contributed by atoms with van der Waals surface area (Å²) in [5.41, 5.74) is 1.39. The van der Waals surface area contributed by atoms with Crippen LogP contribution in [0.15, 0.2) is 37.0 Å². The molecule has 1 atom stereocenters. The molecule has 1 nitrogen and oxygen atoms in total. The normalized spacial score (nSPS) is 19.5. The molecular weight excluding hydrogens is 218 g/mol. The van der Waals surface area contributed by atoms with Crippen molar-refractivity contribution in [1.82, 2.24) is 4.90 Å². The van der Waals surface area contributed by atoms with Crippen LogP contribution in [0.5, 0.6) is 0 Å². The van der Waals surface area contributed by atoms with Crippen LogP contribution in [0, 0.1) is 5.92 Å². The van der Waals surface area contributed by atoms with Gasteiger partial charge in [-0.15, -0.1) is 6.58 Å². The maximum Gasteiger partial charge on any atom is 0.00444 e. The van der Waals surface area contributed by atoms with Crippen molar-refractivity contribution >= 4 is 0 Å². The number of likely N-dealkylation sites (tertiary alicyclic amines) is 1.